The number of hydrogen-bond donors (Lipinski definition) is 0. The molecule has 0 unspecified atom stereocenters. The first-order valence-electron chi connectivity index (χ1n) is 48.2. The van der Waals surface area contributed by atoms with E-state index in [0.717, 1.165) is 155 Å². The summed E-state index contributed by atoms with van der Waals surface area (Å²) in [5, 5.41) is 17.7. The fourth-order valence-corrected chi connectivity index (χ4v) is 19.4. The molecule has 27 aromatic rings. The van der Waals surface area contributed by atoms with Gasteiger partial charge >= 0.3 is 0 Å². The van der Waals surface area contributed by atoms with Gasteiger partial charge in [-0.1, -0.05) is 497 Å². The minimum Gasteiger partial charge on any atom is -0.247 e. The largest absolute Gasteiger partial charge is 0.247 e. The van der Waals surface area contributed by atoms with Crippen LogP contribution >= 0.6 is 0 Å². The average molecular weight is 1840 g/mol. The van der Waals surface area contributed by atoms with E-state index in [2.05, 4.69) is 394 Å². The molecule has 0 radical (unpaired) electrons. The second kappa shape index (κ2) is 38.1. The van der Waals surface area contributed by atoms with Crippen molar-refractivity contribution in [2.75, 3.05) is 0 Å². The summed E-state index contributed by atoms with van der Waals surface area (Å²) in [7, 11) is 0. The standard InChI is InChI=1S/3C44H28N4/c1-3-11-29(12-4-1)30-19-23-34(24-20-30)43-46-42(33-14-5-2-6-15-33)47-44(48-43)35-25-21-32(22-26-35)41-40-36-16-8-7-13-31(36)27-28-38(40)37-17-9-10-18-39(37)45-41;1-3-11-29(12-4-1)30-19-23-34(24-20-30)43-46-42(33-14-5-2-6-15-33)47-44(48-43)35-25-21-32(22-26-35)40-38-18-10-9-17-37(38)39-28-27-31-13-7-8-16-36(31)41(39)45-40;1-3-9-29(10-4-1)30-15-19-35(20-16-30)43-46-42(34-12-5-2-6-13-34)47-44(48-43)36-21-17-32(18-22-36)40-28-25-33-24-26-38-37-14-8-7-11-31(37)23-27-39(38)41(33)45-40/h3*1-28H. The van der Waals surface area contributed by atoms with Crippen LogP contribution in [0.4, 0.5) is 0 Å². The molecule has 0 bridgehead atoms. The quantitative estimate of drug-likeness (QED) is 0.0897. The number of nitrogens with zero attached hydrogens (tertiary/aromatic N) is 12. The molecule has 144 heavy (non-hydrogen) atoms. The molecule has 6 aromatic heterocycles. The Morgan fingerprint density at radius 2 is 0.354 bits per heavy atom. The maximum absolute atomic E-state index is 5.30. The normalized spacial score (nSPS) is 11.3. The Morgan fingerprint density at radius 1 is 0.104 bits per heavy atom. The second-order valence-electron chi connectivity index (χ2n) is 35.7. The molecule has 0 aliphatic heterocycles. The second-order valence-corrected chi connectivity index (χ2v) is 35.7. The summed E-state index contributed by atoms with van der Waals surface area (Å²) in [4.78, 5) is 60.3. The molecule has 0 fully saturated rings. The molecule has 0 aliphatic rings. The van der Waals surface area contributed by atoms with Crippen molar-refractivity contribution < 1.29 is 0 Å². The highest BCUT2D eigenvalue weighted by atomic mass is 15.1. The molecule has 21 aromatic carbocycles. The molecular formula is C132H84N12. The van der Waals surface area contributed by atoms with Gasteiger partial charge in [-0.25, -0.2) is 59.8 Å². The minimum atomic E-state index is 0.624. The van der Waals surface area contributed by atoms with Crippen LogP contribution in [0.25, 0.3) is 267 Å². The predicted octanol–water partition coefficient (Wildman–Crippen LogP) is 33.2. The summed E-state index contributed by atoms with van der Waals surface area (Å²) in [6.07, 6.45) is 0. The van der Waals surface area contributed by atoms with Gasteiger partial charge in [0, 0.05) is 104 Å². The van der Waals surface area contributed by atoms with Gasteiger partial charge in [0.25, 0.3) is 0 Å². The van der Waals surface area contributed by atoms with E-state index in [4.69, 9.17) is 59.8 Å². The van der Waals surface area contributed by atoms with E-state index in [9.17, 15) is 0 Å². The molecule has 12 nitrogen and oxygen atoms in total. The van der Waals surface area contributed by atoms with Gasteiger partial charge in [0.1, 0.15) is 0 Å². The zero-order chi connectivity index (χ0) is 95.6. The maximum atomic E-state index is 5.30. The van der Waals surface area contributed by atoms with E-state index in [1.165, 1.54) is 59.8 Å². The van der Waals surface area contributed by atoms with Crippen LogP contribution < -0.4 is 0 Å². The molecule has 6 heterocycles. The van der Waals surface area contributed by atoms with Crippen molar-refractivity contribution in [3.8, 4) is 170 Å². The van der Waals surface area contributed by atoms with Gasteiger partial charge in [-0.15, -0.1) is 0 Å². The molecule has 672 valence electrons. The molecule has 0 aliphatic carbocycles. The van der Waals surface area contributed by atoms with Gasteiger partial charge in [-0.2, -0.15) is 0 Å². The van der Waals surface area contributed by atoms with Gasteiger partial charge < -0.3 is 0 Å². The van der Waals surface area contributed by atoms with E-state index in [0.29, 0.717) is 52.4 Å². The first-order valence-corrected chi connectivity index (χ1v) is 48.2. The van der Waals surface area contributed by atoms with Crippen LogP contribution in [0, 0.1) is 0 Å². The van der Waals surface area contributed by atoms with Crippen LogP contribution in [-0.4, -0.2) is 59.8 Å². The summed E-state index contributed by atoms with van der Waals surface area (Å²) in [6.45, 7) is 0. The van der Waals surface area contributed by atoms with Gasteiger partial charge in [0.2, 0.25) is 0 Å². The molecule has 0 N–H and O–H groups in total. The van der Waals surface area contributed by atoms with Crippen molar-refractivity contribution in [1.82, 2.24) is 59.8 Å². The fourth-order valence-electron chi connectivity index (χ4n) is 19.4. The lowest BCUT2D eigenvalue weighted by atomic mass is 9.95. The van der Waals surface area contributed by atoms with Crippen LogP contribution in [0.1, 0.15) is 0 Å². The number of para-hydroxylation sites is 1. The summed E-state index contributed by atoms with van der Waals surface area (Å²) in [5.41, 5.74) is 24.3. The number of pyridine rings is 3. The Bertz CT molecular complexity index is 9450. The van der Waals surface area contributed by atoms with E-state index < -0.39 is 0 Å². The van der Waals surface area contributed by atoms with Crippen molar-refractivity contribution in [2.24, 2.45) is 0 Å². The number of rotatable bonds is 15. The Morgan fingerprint density at radius 3 is 0.764 bits per heavy atom. The van der Waals surface area contributed by atoms with Crippen LogP contribution in [0.3, 0.4) is 0 Å². The third kappa shape index (κ3) is 17.2. The van der Waals surface area contributed by atoms with Gasteiger partial charge in [0.05, 0.1) is 33.6 Å². The summed E-state index contributed by atoms with van der Waals surface area (Å²) in [6, 6.07) is 176. The van der Waals surface area contributed by atoms with Crippen molar-refractivity contribution in [3.63, 3.8) is 0 Å². The van der Waals surface area contributed by atoms with Crippen LogP contribution in [0.15, 0.2) is 510 Å². The Labute approximate surface area is 830 Å². The van der Waals surface area contributed by atoms with Crippen molar-refractivity contribution in [3.05, 3.63) is 510 Å². The molecule has 0 amide bonds. The molecular weight excluding hydrogens is 1750 g/mol. The summed E-state index contributed by atoms with van der Waals surface area (Å²) in [5.74, 6) is 5.70. The van der Waals surface area contributed by atoms with E-state index >= 15 is 0 Å². The third-order valence-electron chi connectivity index (χ3n) is 26.8. The number of hydrogen-bond acceptors (Lipinski definition) is 12. The van der Waals surface area contributed by atoms with Gasteiger partial charge in [0.15, 0.2) is 52.4 Å². The van der Waals surface area contributed by atoms with Crippen molar-refractivity contribution in [1.29, 1.82) is 0 Å². The lowest BCUT2D eigenvalue weighted by Gasteiger charge is -2.13. The zero-order valence-corrected chi connectivity index (χ0v) is 77.9. The highest BCUT2D eigenvalue weighted by Crippen LogP contribution is 2.43. The van der Waals surface area contributed by atoms with E-state index in [1.807, 2.05) is 115 Å². The highest BCUT2D eigenvalue weighted by Gasteiger charge is 2.22. The smallest absolute Gasteiger partial charge is 0.164 e. The molecule has 0 saturated carbocycles. The molecule has 27 rings (SSSR count). The van der Waals surface area contributed by atoms with Crippen LogP contribution in [0.2, 0.25) is 0 Å². The highest BCUT2D eigenvalue weighted by molar-refractivity contribution is 6.22. The topological polar surface area (TPSA) is 155 Å². The zero-order valence-electron chi connectivity index (χ0n) is 77.9. The van der Waals surface area contributed by atoms with Crippen molar-refractivity contribution in [2.45, 2.75) is 0 Å². The number of benzene rings is 21. The Kier molecular flexibility index (Phi) is 22.8. The molecule has 0 atom stereocenters. The van der Waals surface area contributed by atoms with Crippen LogP contribution in [0.5, 0.6) is 0 Å². The first kappa shape index (κ1) is 86.1. The lowest BCUT2D eigenvalue weighted by molar-refractivity contribution is 1.07. The Hall–Kier alpha value is -19.6. The first-order chi connectivity index (χ1) is 71.3. The fraction of sp³-hybridized carbons (Fsp3) is 0. The third-order valence-corrected chi connectivity index (χ3v) is 26.8. The summed E-state index contributed by atoms with van der Waals surface area (Å²) >= 11 is 0. The SMILES string of the molecule is c1ccc(-c2ccc(-c3nc(-c4ccccc4)nc(-c4ccc(-c5ccc6ccc7c8ccccc8ccc7c6n5)cc4)n3)cc2)cc1.c1ccc(-c2ccc(-c3nc(-c4ccccc4)nc(-c4ccc(-c5nc6c7ccccc7ccc6c6ccccc56)cc4)n3)cc2)cc1.c1ccc(-c2ccc(-c3nc(-c4ccccc4)nc(-c4ccc(-c5nc6ccccc6c6ccc7ccccc7c56)cc4)n3)cc2)cc1. The average Bonchev–Trinajstić information content (AvgIpc) is 0.746. The number of aromatic nitrogens is 12. The Balaban J connectivity index is 0.000000113. The monoisotopic (exact) mass is 1840 g/mol. The molecule has 0 spiro atoms. The minimum absolute atomic E-state index is 0.624. The molecule has 0 saturated heterocycles. The maximum Gasteiger partial charge on any atom is 0.164 e. The van der Waals surface area contributed by atoms with E-state index in [-0.39, 0.29) is 0 Å². The molecule has 12 heteroatoms. The number of fused-ring (bicyclic) bond motifs is 15. The van der Waals surface area contributed by atoms with Crippen molar-refractivity contribution >= 4 is 97.3 Å². The predicted molar refractivity (Wildman–Crippen MR) is 592 cm³/mol. The summed E-state index contributed by atoms with van der Waals surface area (Å²) < 4.78 is 0. The van der Waals surface area contributed by atoms with Crippen LogP contribution in [-0.2, 0) is 0 Å². The van der Waals surface area contributed by atoms with E-state index in [1.54, 1.807) is 0 Å². The van der Waals surface area contributed by atoms with Gasteiger partial charge in [-0.05, 0) is 88.6 Å². The van der Waals surface area contributed by atoms with Gasteiger partial charge in [-0.3, -0.25) is 0 Å². The lowest BCUT2D eigenvalue weighted by Crippen LogP contribution is -2.00.